The summed E-state index contributed by atoms with van der Waals surface area (Å²) in [4.78, 5) is 27.4. The van der Waals surface area contributed by atoms with Gasteiger partial charge in [-0.2, -0.15) is 0 Å². The van der Waals surface area contributed by atoms with Crippen LogP contribution >= 0.6 is 11.3 Å². The fourth-order valence-electron chi connectivity index (χ4n) is 3.17. The van der Waals surface area contributed by atoms with Crippen molar-refractivity contribution in [1.82, 2.24) is 10.2 Å². The molecule has 24 heavy (non-hydrogen) atoms. The lowest BCUT2D eigenvalue weighted by Gasteiger charge is -2.23. The first-order chi connectivity index (χ1) is 11.6. The Bertz CT molecular complexity index is 709. The number of amides is 2. The van der Waals surface area contributed by atoms with E-state index in [2.05, 4.69) is 36.5 Å². The van der Waals surface area contributed by atoms with Crippen molar-refractivity contribution in [2.45, 2.75) is 25.8 Å². The van der Waals surface area contributed by atoms with E-state index in [-0.39, 0.29) is 30.2 Å². The van der Waals surface area contributed by atoms with Gasteiger partial charge >= 0.3 is 0 Å². The molecule has 2 atom stereocenters. The van der Waals surface area contributed by atoms with Crippen molar-refractivity contribution in [1.29, 1.82) is 0 Å². The lowest BCUT2D eigenvalue weighted by Crippen LogP contribution is -2.35. The van der Waals surface area contributed by atoms with Gasteiger partial charge in [-0.3, -0.25) is 9.59 Å². The number of hydrogen-bond donors (Lipinski definition) is 1. The van der Waals surface area contributed by atoms with Crippen LogP contribution in [-0.2, 0) is 16.0 Å². The van der Waals surface area contributed by atoms with Gasteiger partial charge in [0.2, 0.25) is 11.8 Å². The predicted octanol–water partition coefficient (Wildman–Crippen LogP) is 2.93. The molecule has 1 N–H and O–H groups in total. The van der Waals surface area contributed by atoms with Gasteiger partial charge in [0.25, 0.3) is 0 Å². The molecule has 1 fully saturated rings. The molecule has 0 saturated carbocycles. The van der Waals surface area contributed by atoms with Crippen molar-refractivity contribution in [2.24, 2.45) is 5.92 Å². The van der Waals surface area contributed by atoms with Crippen molar-refractivity contribution < 1.29 is 9.59 Å². The molecule has 2 unspecified atom stereocenters. The second kappa shape index (κ2) is 7.18. The number of carbonyl (C=O) groups is 2. The molecule has 4 nitrogen and oxygen atoms in total. The highest BCUT2D eigenvalue weighted by Gasteiger charge is 2.42. The smallest absolute Gasteiger partial charge is 0.226 e. The molecular weight excluding hydrogens is 320 g/mol. The summed E-state index contributed by atoms with van der Waals surface area (Å²) in [5.74, 6) is -0.301. The Kier molecular flexibility index (Phi) is 5.00. The number of carbonyl (C=O) groups excluding carboxylic acids is 2. The molecule has 3 rings (SSSR count). The zero-order valence-electron chi connectivity index (χ0n) is 14.0. The second-order valence-corrected chi connectivity index (χ2v) is 7.28. The van der Waals surface area contributed by atoms with Crippen LogP contribution in [-0.4, -0.2) is 30.3 Å². The minimum Gasteiger partial charge on any atom is -0.355 e. The summed E-state index contributed by atoms with van der Waals surface area (Å²) in [6.45, 7) is 2.65. The minimum atomic E-state index is -0.306. The number of rotatable bonds is 5. The van der Waals surface area contributed by atoms with Crippen LogP contribution in [0.1, 0.15) is 28.5 Å². The molecule has 5 heteroatoms. The molecule has 1 aromatic heterocycles. The van der Waals surface area contributed by atoms with Crippen LogP contribution in [0, 0.1) is 12.8 Å². The van der Waals surface area contributed by atoms with Crippen LogP contribution in [0.3, 0.4) is 0 Å². The topological polar surface area (TPSA) is 49.4 Å². The number of nitrogens with one attached hydrogen (secondary N) is 1. The Morgan fingerprint density at radius 1 is 1.29 bits per heavy atom. The van der Waals surface area contributed by atoms with Gasteiger partial charge in [0, 0.05) is 24.9 Å². The summed E-state index contributed by atoms with van der Waals surface area (Å²) >= 11 is 1.60. The minimum absolute atomic E-state index is 0.0294. The third kappa shape index (κ3) is 3.51. The molecule has 2 aromatic rings. The van der Waals surface area contributed by atoms with Crippen LogP contribution in [0.25, 0.3) is 0 Å². The molecular formula is C19H22N2O2S. The number of hydrogen-bond acceptors (Lipinski definition) is 3. The fraction of sp³-hybridized carbons (Fsp3) is 0.368. The first kappa shape index (κ1) is 16.7. The first-order valence-corrected chi connectivity index (χ1v) is 9.06. The average molecular weight is 342 g/mol. The third-order valence-electron chi connectivity index (χ3n) is 4.59. The number of likely N-dealkylation sites (tertiary alicyclic amines) is 1. The third-order valence-corrected chi connectivity index (χ3v) is 5.53. The number of benzene rings is 1. The van der Waals surface area contributed by atoms with Gasteiger partial charge in [0.15, 0.2) is 0 Å². The summed E-state index contributed by atoms with van der Waals surface area (Å²) in [6, 6.07) is 12.1. The molecule has 0 radical (unpaired) electrons. The first-order valence-electron chi connectivity index (χ1n) is 8.18. The Balaban J connectivity index is 1.61. The van der Waals surface area contributed by atoms with Crippen LogP contribution in [0.15, 0.2) is 41.8 Å². The van der Waals surface area contributed by atoms with E-state index < -0.39 is 0 Å². The highest BCUT2D eigenvalue weighted by atomic mass is 32.1. The molecule has 0 aliphatic carbocycles. The quantitative estimate of drug-likeness (QED) is 0.908. The zero-order valence-corrected chi connectivity index (χ0v) is 14.8. The fourth-order valence-corrected chi connectivity index (χ4v) is 4.10. The van der Waals surface area contributed by atoms with Crippen LogP contribution in [0.5, 0.6) is 0 Å². The molecule has 0 bridgehead atoms. The summed E-state index contributed by atoms with van der Waals surface area (Å²) < 4.78 is 0. The molecule has 1 aromatic carbocycles. The molecule has 1 saturated heterocycles. The van der Waals surface area contributed by atoms with E-state index in [1.807, 2.05) is 17.5 Å². The number of thiophene rings is 1. The summed E-state index contributed by atoms with van der Waals surface area (Å²) in [5.41, 5.74) is 2.43. The summed E-state index contributed by atoms with van der Waals surface area (Å²) in [7, 11) is 1.78. The van der Waals surface area contributed by atoms with E-state index in [9.17, 15) is 9.59 Å². The average Bonchev–Trinajstić information content (AvgIpc) is 3.18. The molecule has 1 aliphatic heterocycles. The molecule has 126 valence electrons. The number of aryl methyl sites for hydroxylation is 1. The Hall–Kier alpha value is -2.14. The lowest BCUT2D eigenvalue weighted by molar-refractivity contribution is -0.128. The Morgan fingerprint density at radius 2 is 2.04 bits per heavy atom. The zero-order chi connectivity index (χ0) is 17.1. The van der Waals surface area contributed by atoms with Crippen molar-refractivity contribution >= 4 is 23.2 Å². The van der Waals surface area contributed by atoms with E-state index >= 15 is 0 Å². The Labute approximate surface area is 146 Å². The van der Waals surface area contributed by atoms with Gasteiger partial charge in [-0.15, -0.1) is 11.3 Å². The van der Waals surface area contributed by atoms with Crippen molar-refractivity contribution in [3.8, 4) is 0 Å². The summed E-state index contributed by atoms with van der Waals surface area (Å²) in [5, 5.41) is 4.99. The maximum absolute atomic E-state index is 12.6. The van der Waals surface area contributed by atoms with Gasteiger partial charge in [-0.1, -0.05) is 35.9 Å². The van der Waals surface area contributed by atoms with Gasteiger partial charge in [0.05, 0.1) is 12.0 Å². The maximum atomic E-state index is 12.6. The monoisotopic (exact) mass is 342 g/mol. The van der Waals surface area contributed by atoms with Crippen LogP contribution in [0.2, 0.25) is 0 Å². The van der Waals surface area contributed by atoms with Crippen molar-refractivity contribution in [3.63, 3.8) is 0 Å². The molecule has 1 aliphatic rings. The predicted molar refractivity (Wildman–Crippen MR) is 95.8 cm³/mol. The molecule has 2 heterocycles. The lowest BCUT2D eigenvalue weighted by atomic mass is 9.98. The highest BCUT2D eigenvalue weighted by molar-refractivity contribution is 7.10. The van der Waals surface area contributed by atoms with Gasteiger partial charge in [-0.25, -0.2) is 0 Å². The van der Waals surface area contributed by atoms with E-state index in [1.165, 1.54) is 11.1 Å². The van der Waals surface area contributed by atoms with E-state index in [0.717, 1.165) is 11.3 Å². The van der Waals surface area contributed by atoms with E-state index in [0.29, 0.717) is 6.54 Å². The van der Waals surface area contributed by atoms with E-state index in [1.54, 1.807) is 23.3 Å². The SMILES string of the molecule is Cc1ccc(CCNC(=O)C2CC(=O)N(C)C2c2cccs2)cc1. The van der Waals surface area contributed by atoms with Crippen molar-refractivity contribution in [2.75, 3.05) is 13.6 Å². The maximum Gasteiger partial charge on any atom is 0.226 e. The second-order valence-electron chi connectivity index (χ2n) is 6.30. The Morgan fingerprint density at radius 3 is 2.71 bits per heavy atom. The largest absolute Gasteiger partial charge is 0.355 e. The van der Waals surface area contributed by atoms with Gasteiger partial charge in [-0.05, 0) is 30.4 Å². The van der Waals surface area contributed by atoms with Gasteiger partial charge in [0.1, 0.15) is 0 Å². The highest BCUT2D eigenvalue weighted by Crippen LogP contribution is 2.38. The normalized spacial score (nSPS) is 20.4. The summed E-state index contributed by atoms with van der Waals surface area (Å²) in [6.07, 6.45) is 1.08. The van der Waals surface area contributed by atoms with E-state index in [4.69, 9.17) is 0 Å². The van der Waals surface area contributed by atoms with Crippen molar-refractivity contribution in [3.05, 3.63) is 57.8 Å². The molecule has 2 amide bonds. The van der Waals surface area contributed by atoms with Crippen LogP contribution in [0.4, 0.5) is 0 Å². The molecule has 0 spiro atoms. The van der Waals surface area contributed by atoms with Gasteiger partial charge < -0.3 is 10.2 Å². The van der Waals surface area contributed by atoms with Crippen LogP contribution < -0.4 is 5.32 Å². The number of nitrogens with zero attached hydrogens (tertiary/aromatic N) is 1. The standard InChI is InChI=1S/C19H22N2O2S/c1-13-5-7-14(8-6-13)9-10-20-19(23)15-12-17(22)21(2)18(15)16-4-3-11-24-16/h3-8,11,15,18H,9-10,12H2,1-2H3,(H,20,23).